The maximum absolute atomic E-state index is 5.93. The minimum atomic E-state index is 0.598. The van der Waals surface area contributed by atoms with E-state index < -0.39 is 0 Å². The van der Waals surface area contributed by atoms with Gasteiger partial charge in [0.1, 0.15) is 11.3 Å². The van der Waals surface area contributed by atoms with E-state index >= 15 is 0 Å². The van der Waals surface area contributed by atoms with Crippen LogP contribution in [0.25, 0.3) is 15.5 Å². The van der Waals surface area contributed by atoms with E-state index in [1.165, 1.54) is 11.3 Å². The van der Waals surface area contributed by atoms with E-state index in [4.69, 9.17) is 17.3 Å². The molecule has 7 heteroatoms. The molecular formula is C9H6ClN5S. The average Bonchev–Trinajstić information content (AvgIpc) is 2.74. The molecule has 0 bridgehead atoms. The molecule has 3 rings (SSSR count). The Morgan fingerprint density at radius 3 is 2.94 bits per heavy atom. The van der Waals surface area contributed by atoms with Crippen LogP contribution in [-0.4, -0.2) is 19.8 Å². The number of nitrogens with two attached hydrogens (primary N) is 1. The van der Waals surface area contributed by atoms with Gasteiger partial charge in [0.25, 0.3) is 0 Å². The van der Waals surface area contributed by atoms with Crippen molar-refractivity contribution in [3.05, 3.63) is 29.5 Å². The first-order valence-corrected chi connectivity index (χ1v) is 5.65. The van der Waals surface area contributed by atoms with E-state index in [-0.39, 0.29) is 0 Å². The maximum Gasteiger partial charge on any atom is 0.234 e. The second kappa shape index (κ2) is 3.43. The molecule has 0 aliphatic heterocycles. The summed E-state index contributed by atoms with van der Waals surface area (Å²) < 4.78 is 1.62. The first-order valence-electron chi connectivity index (χ1n) is 4.46. The van der Waals surface area contributed by atoms with Crippen molar-refractivity contribution in [2.24, 2.45) is 0 Å². The van der Waals surface area contributed by atoms with Crippen LogP contribution in [0.1, 0.15) is 0 Å². The molecule has 0 fully saturated rings. The van der Waals surface area contributed by atoms with Gasteiger partial charge >= 0.3 is 0 Å². The van der Waals surface area contributed by atoms with Crippen LogP contribution in [0, 0.1) is 0 Å². The standard InChI is InChI=1S/C9H6ClN5S/c10-6-1-5(2-7(11)3-6)8-14-15-4-12-13-9(15)16-8/h1-4H,11H2. The van der Waals surface area contributed by atoms with Crippen molar-refractivity contribution >= 4 is 33.6 Å². The lowest BCUT2D eigenvalue weighted by Crippen LogP contribution is -1.87. The first-order chi connectivity index (χ1) is 7.72. The Labute approximate surface area is 99.5 Å². The molecule has 80 valence electrons. The molecule has 0 atom stereocenters. The zero-order chi connectivity index (χ0) is 11.1. The number of aromatic nitrogens is 4. The lowest BCUT2D eigenvalue weighted by atomic mass is 10.2. The van der Waals surface area contributed by atoms with Crippen LogP contribution in [0.15, 0.2) is 24.5 Å². The van der Waals surface area contributed by atoms with Crippen LogP contribution in [0.4, 0.5) is 5.69 Å². The molecule has 3 aromatic rings. The highest BCUT2D eigenvalue weighted by molar-refractivity contribution is 7.19. The van der Waals surface area contributed by atoms with E-state index in [9.17, 15) is 0 Å². The van der Waals surface area contributed by atoms with Gasteiger partial charge in [0, 0.05) is 16.3 Å². The van der Waals surface area contributed by atoms with Gasteiger partial charge in [-0.2, -0.15) is 9.61 Å². The third-order valence-corrected chi connectivity index (χ3v) is 3.23. The van der Waals surface area contributed by atoms with Crippen LogP contribution >= 0.6 is 22.9 Å². The summed E-state index contributed by atoms with van der Waals surface area (Å²) in [6.07, 6.45) is 1.56. The zero-order valence-corrected chi connectivity index (χ0v) is 9.53. The van der Waals surface area contributed by atoms with Crippen molar-refractivity contribution in [1.82, 2.24) is 19.8 Å². The summed E-state index contributed by atoms with van der Waals surface area (Å²) in [7, 11) is 0. The monoisotopic (exact) mass is 251 g/mol. The molecular weight excluding hydrogens is 246 g/mol. The van der Waals surface area contributed by atoms with Gasteiger partial charge in [0.05, 0.1) is 0 Å². The second-order valence-electron chi connectivity index (χ2n) is 3.24. The van der Waals surface area contributed by atoms with Crippen LogP contribution in [0.3, 0.4) is 0 Å². The summed E-state index contributed by atoms with van der Waals surface area (Å²) in [6, 6.07) is 5.35. The van der Waals surface area contributed by atoms with E-state index in [0.717, 1.165) is 15.5 Å². The minimum absolute atomic E-state index is 0.598. The Balaban J connectivity index is 2.18. The van der Waals surface area contributed by atoms with Crippen molar-refractivity contribution < 1.29 is 0 Å². The van der Waals surface area contributed by atoms with Gasteiger partial charge in [0.15, 0.2) is 0 Å². The minimum Gasteiger partial charge on any atom is -0.399 e. The van der Waals surface area contributed by atoms with Gasteiger partial charge < -0.3 is 5.73 Å². The Kier molecular flexibility index (Phi) is 2.05. The Hall–Kier alpha value is -1.66. The topological polar surface area (TPSA) is 69.1 Å². The van der Waals surface area contributed by atoms with Crippen molar-refractivity contribution in [1.29, 1.82) is 0 Å². The second-order valence-corrected chi connectivity index (χ2v) is 4.63. The summed E-state index contributed by atoms with van der Waals surface area (Å²) in [5.41, 5.74) is 7.23. The average molecular weight is 252 g/mol. The zero-order valence-electron chi connectivity index (χ0n) is 7.96. The Morgan fingerprint density at radius 2 is 2.19 bits per heavy atom. The molecule has 0 radical (unpaired) electrons. The molecule has 0 aliphatic carbocycles. The third-order valence-electron chi connectivity index (χ3n) is 2.05. The predicted molar refractivity (Wildman–Crippen MR) is 63.5 cm³/mol. The first kappa shape index (κ1) is 9.56. The normalized spacial score (nSPS) is 11.1. The molecule has 0 aliphatic rings. The van der Waals surface area contributed by atoms with Crippen molar-refractivity contribution in [2.45, 2.75) is 0 Å². The van der Waals surface area contributed by atoms with Crippen molar-refractivity contribution in [2.75, 3.05) is 5.73 Å². The number of anilines is 1. The predicted octanol–water partition coefficient (Wildman–Crippen LogP) is 2.09. The fourth-order valence-electron chi connectivity index (χ4n) is 1.41. The molecule has 0 saturated carbocycles. The highest BCUT2D eigenvalue weighted by Crippen LogP contribution is 2.28. The Morgan fingerprint density at radius 1 is 1.31 bits per heavy atom. The summed E-state index contributed by atoms with van der Waals surface area (Å²) in [5.74, 6) is 0. The van der Waals surface area contributed by atoms with Crippen molar-refractivity contribution in [3.8, 4) is 10.6 Å². The molecule has 2 aromatic heterocycles. The van der Waals surface area contributed by atoms with Crippen molar-refractivity contribution in [3.63, 3.8) is 0 Å². The molecule has 2 heterocycles. The number of nitrogen functional groups attached to an aromatic ring is 1. The SMILES string of the molecule is Nc1cc(Cl)cc(-c2nn3cnnc3s2)c1. The summed E-state index contributed by atoms with van der Waals surface area (Å²) in [5, 5.41) is 13.4. The molecule has 0 amide bonds. The van der Waals surface area contributed by atoms with Gasteiger partial charge in [-0.15, -0.1) is 10.2 Å². The lowest BCUT2D eigenvalue weighted by Gasteiger charge is -1.99. The van der Waals surface area contributed by atoms with Gasteiger partial charge in [-0.1, -0.05) is 22.9 Å². The molecule has 0 spiro atoms. The molecule has 16 heavy (non-hydrogen) atoms. The fraction of sp³-hybridized carbons (Fsp3) is 0. The number of halogens is 1. The number of benzene rings is 1. The molecule has 2 N–H and O–H groups in total. The quantitative estimate of drug-likeness (QED) is 0.673. The largest absolute Gasteiger partial charge is 0.399 e. The third kappa shape index (κ3) is 1.52. The molecule has 1 aromatic carbocycles. The summed E-state index contributed by atoms with van der Waals surface area (Å²) in [4.78, 5) is 0.744. The maximum atomic E-state index is 5.93. The number of hydrogen-bond donors (Lipinski definition) is 1. The van der Waals surface area contributed by atoms with Gasteiger partial charge in [-0.3, -0.25) is 0 Å². The highest BCUT2D eigenvalue weighted by atomic mass is 35.5. The van der Waals surface area contributed by atoms with E-state index in [2.05, 4.69) is 15.3 Å². The van der Waals surface area contributed by atoms with Gasteiger partial charge in [0.2, 0.25) is 4.96 Å². The number of hydrogen-bond acceptors (Lipinski definition) is 5. The number of nitrogens with zero attached hydrogens (tertiary/aromatic N) is 4. The number of fused-ring (bicyclic) bond motifs is 1. The molecule has 0 saturated heterocycles. The van der Waals surface area contributed by atoms with Crippen LogP contribution < -0.4 is 5.73 Å². The summed E-state index contributed by atoms with van der Waals surface area (Å²) in [6.45, 7) is 0. The van der Waals surface area contributed by atoms with E-state index in [1.807, 2.05) is 12.1 Å². The molecule has 0 unspecified atom stereocenters. The smallest absolute Gasteiger partial charge is 0.234 e. The number of rotatable bonds is 1. The van der Waals surface area contributed by atoms with E-state index in [1.54, 1.807) is 16.9 Å². The van der Waals surface area contributed by atoms with Gasteiger partial charge in [-0.05, 0) is 18.2 Å². The van der Waals surface area contributed by atoms with Crippen LogP contribution in [0.5, 0.6) is 0 Å². The molecule has 5 nitrogen and oxygen atoms in total. The fourth-order valence-corrected chi connectivity index (χ4v) is 2.46. The lowest BCUT2D eigenvalue weighted by molar-refractivity contribution is 0.960. The van der Waals surface area contributed by atoms with E-state index in [0.29, 0.717) is 10.7 Å². The van der Waals surface area contributed by atoms with Gasteiger partial charge in [-0.25, -0.2) is 0 Å². The van der Waals surface area contributed by atoms with Crippen LogP contribution in [0.2, 0.25) is 5.02 Å². The van der Waals surface area contributed by atoms with Crippen LogP contribution in [-0.2, 0) is 0 Å². The Bertz CT molecular complexity index is 610. The highest BCUT2D eigenvalue weighted by Gasteiger charge is 2.08. The summed E-state index contributed by atoms with van der Waals surface area (Å²) >= 11 is 7.37.